The molecule has 2 amide bonds. The Bertz CT molecular complexity index is 276. The average Bonchev–Trinajstić information content (AvgIpc) is 2.17. The number of hydrogen-bond acceptors (Lipinski definition) is 3. The quantitative estimate of drug-likeness (QED) is 0.327. The molecule has 0 aliphatic carbocycles. The van der Waals surface area contributed by atoms with Gasteiger partial charge in [0.25, 0.3) is 10.2 Å². The maximum absolute atomic E-state index is 10.7. The van der Waals surface area contributed by atoms with E-state index < -0.39 is 22.5 Å². The molecule has 62 valence electrons. The minimum absolute atomic E-state index is 0.380. The number of fused-ring (bicyclic) bond motifs is 1. The third kappa shape index (κ3) is 1.04. The zero-order valence-corrected chi connectivity index (χ0v) is 6.10. The lowest BCUT2D eigenvalue weighted by Gasteiger charge is -2.01. The van der Waals surface area contributed by atoms with Crippen molar-refractivity contribution in [3.05, 3.63) is 0 Å². The summed E-state index contributed by atoms with van der Waals surface area (Å²) in [4.78, 5) is 10.6. The van der Waals surface area contributed by atoms with Crippen LogP contribution in [-0.2, 0) is 10.2 Å². The number of amides is 2. The van der Waals surface area contributed by atoms with Crippen LogP contribution in [0, 0.1) is 0 Å². The van der Waals surface area contributed by atoms with E-state index in [0.717, 1.165) is 0 Å². The van der Waals surface area contributed by atoms with Gasteiger partial charge in [-0.05, 0) is 0 Å². The molecule has 2 aliphatic heterocycles. The number of nitrogens with one attached hydrogen (secondary N) is 4. The topological polar surface area (TPSA) is 99.3 Å². The molecule has 0 aromatic rings. The van der Waals surface area contributed by atoms with Crippen LogP contribution in [0.25, 0.3) is 0 Å². The van der Waals surface area contributed by atoms with E-state index in [0.29, 0.717) is 0 Å². The molecule has 2 heterocycles. The van der Waals surface area contributed by atoms with Gasteiger partial charge in [0.15, 0.2) is 0 Å². The second-order valence-electron chi connectivity index (χ2n) is 2.31. The number of carbonyl (C=O) groups excluding carboxylic acids is 1. The SMILES string of the molecule is O=C1NC2NS(=O)(=O)NC2N1. The van der Waals surface area contributed by atoms with E-state index in [1.807, 2.05) is 0 Å². The van der Waals surface area contributed by atoms with E-state index in [9.17, 15) is 13.2 Å². The van der Waals surface area contributed by atoms with Crippen LogP contribution in [0.3, 0.4) is 0 Å². The molecule has 11 heavy (non-hydrogen) atoms. The monoisotopic (exact) mass is 178 g/mol. The highest BCUT2D eigenvalue weighted by Crippen LogP contribution is 2.04. The Kier molecular flexibility index (Phi) is 1.14. The van der Waals surface area contributed by atoms with E-state index >= 15 is 0 Å². The molecule has 0 aromatic heterocycles. The van der Waals surface area contributed by atoms with Gasteiger partial charge in [0, 0.05) is 0 Å². The molecule has 4 N–H and O–H groups in total. The average molecular weight is 178 g/mol. The van der Waals surface area contributed by atoms with Crippen LogP contribution >= 0.6 is 0 Å². The summed E-state index contributed by atoms with van der Waals surface area (Å²) in [5.74, 6) is 0. The first kappa shape index (κ1) is 6.83. The summed E-state index contributed by atoms with van der Waals surface area (Å²) in [5.41, 5.74) is 0. The summed E-state index contributed by atoms with van der Waals surface area (Å²) in [7, 11) is -3.41. The number of carbonyl (C=O) groups is 1. The predicted octanol–water partition coefficient (Wildman–Crippen LogP) is -2.61. The van der Waals surface area contributed by atoms with Gasteiger partial charge in [0.1, 0.15) is 12.3 Å². The molecule has 0 radical (unpaired) electrons. The Labute approximate surface area is 62.7 Å². The molecule has 0 spiro atoms. The van der Waals surface area contributed by atoms with E-state index in [1.165, 1.54) is 0 Å². The van der Waals surface area contributed by atoms with Gasteiger partial charge in [-0.25, -0.2) is 4.79 Å². The summed E-state index contributed by atoms with van der Waals surface area (Å²) in [5, 5.41) is 4.74. The Hall–Kier alpha value is -0.860. The maximum atomic E-state index is 10.7. The summed E-state index contributed by atoms with van der Waals surface area (Å²) in [6.07, 6.45) is -1.13. The van der Waals surface area contributed by atoms with E-state index in [2.05, 4.69) is 20.1 Å². The molecular weight excluding hydrogens is 172 g/mol. The highest BCUT2D eigenvalue weighted by Gasteiger charge is 2.42. The molecule has 7 nitrogen and oxygen atoms in total. The summed E-state index contributed by atoms with van der Waals surface area (Å²) in [6, 6.07) is -0.380. The van der Waals surface area contributed by atoms with Crippen molar-refractivity contribution < 1.29 is 13.2 Å². The molecule has 2 aliphatic rings. The van der Waals surface area contributed by atoms with Gasteiger partial charge in [-0.2, -0.15) is 17.9 Å². The second-order valence-corrected chi connectivity index (χ2v) is 3.79. The predicted molar refractivity (Wildman–Crippen MR) is 34.4 cm³/mol. The van der Waals surface area contributed by atoms with Crippen LogP contribution < -0.4 is 20.1 Å². The lowest BCUT2D eigenvalue weighted by atomic mass is 10.4. The third-order valence-electron chi connectivity index (χ3n) is 1.47. The summed E-state index contributed by atoms with van der Waals surface area (Å²) in [6.45, 7) is 0. The van der Waals surface area contributed by atoms with Gasteiger partial charge in [-0.1, -0.05) is 0 Å². The van der Waals surface area contributed by atoms with Crippen molar-refractivity contribution in [2.24, 2.45) is 0 Å². The molecule has 0 aromatic carbocycles. The van der Waals surface area contributed by atoms with Gasteiger partial charge in [0.2, 0.25) is 0 Å². The fourth-order valence-electron chi connectivity index (χ4n) is 1.05. The van der Waals surface area contributed by atoms with Crippen LogP contribution in [0.5, 0.6) is 0 Å². The smallest absolute Gasteiger partial charge is 0.317 e. The van der Waals surface area contributed by atoms with Crippen LogP contribution in [-0.4, -0.2) is 26.8 Å². The zero-order valence-electron chi connectivity index (χ0n) is 5.29. The highest BCUT2D eigenvalue weighted by atomic mass is 32.2. The van der Waals surface area contributed by atoms with Gasteiger partial charge < -0.3 is 10.6 Å². The first-order chi connectivity index (χ1) is 5.07. The second kappa shape index (κ2) is 1.84. The Morgan fingerprint density at radius 3 is 2.00 bits per heavy atom. The number of urea groups is 1. The minimum Gasteiger partial charge on any atom is -0.318 e. The molecule has 2 fully saturated rings. The van der Waals surface area contributed by atoms with Crippen molar-refractivity contribution in [3.8, 4) is 0 Å². The van der Waals surface area contributed by atoms with Crippen molar-refractivity contribution in [3.63, 3.8) is 0 Å². The van der Waals surface area contributed by atoms with Gasteiger partial charge in [-0.3, -0.25) is 0 Å². The molecule has 0 saturated carbocycles. The normalized spacial score (nSPS) is 39.5. The zero-order chi connectivity index (χ0) is 8.06. The van der Waals surface area contributed by atoms with Crippen LogP contribution in [0.4, 0.5) is 4.79 Å². The lowest BCUT2D eigenvalue weighted by molar-refractivity contribution is 0.246. The molecule has 2 rings (SSSR count). The molecule has 2 saturated heterocycles. The van der Waals surface area contributed by atoms with E-state index in [4.69, 9.17) is 0 Å². The molecule has 0 bridgehead atoms. The van der Waals surface area contributed by atoms with Crippen LogP contribution in [0.1, 0.15) is 0 Å². The maximum Gasteiger partial charge on any atom is 0.317 e. The van der Waals surface area contributed by atoms with Crippen LogP contribution in [0.2, 0.25) is 0 Å². The van der Waals surface area contributed by atoms with Crippen molar-refractivity contribution in [2.45, 2.75) is 12.3 Å². The fourth-order valence-corrected chi connectivity index (χ4v) is 2.18. The van der Waals surface area contributed by atoms with Crippen molar-refractivity contribution in [2.75, 3.05) is 0 Å². The first-order valence-electron chi connectivity index (χ1n) is 2.93. The van der Waals surface area contributed by atoms with Gasteiger partial charge in [-0.15, -0.1) is 0 Å². The Morgan fingerprint density at radius 2 is 1.55 bits per heavy atom. The molecule has 2 atom stereocenters. The van der Waals surface area contributed by atoms with Crippen molar-refractivity contribution >= 4 is 16.2 Å². The van der Waals surface area contributed by atoms with Crippen molar-refractivity contribution in [1.82, 2.24) is 20.1 Å². The van der Waals surface area contributed by atoms with E-state index in [1.54, 1.807) is 0 Å². The van der Waals surface area contributed by atoms with Gasteiger partial charge in [0.05, 0.1) is 0 Å². The highest BCUT2D eigenvalue weighted by molar-refractivity contribution is 7.87. The van der Waals surface area contributed by atoms with E-state index in [-0.39, 0.29) is 6.03 Å². The van der Waals surface area contributed by atoms with Crippen molar-refractivity contribution in [1.29, 1.82) is 0 Å². The molecule has 2 unspecified atom stereocenters. The minimum atomic E-state index is -3.41. The molecule has 8 heteroatoms. The number of rotatable bonds is 0. The standard InChI is InChI=1S/C3H6N4O3S/c8-3-4-1-2(5-3)7-11(9,10)6-1/h1-2,6-7H,(H2,4,5,8). The van der Waals surface area contributed by atoms with Crippen LogP contribution in [0.15, 0.2) is 0 Å². The number of hydrogen-bond donors (Lipinski definition) is 4. The lowest BCUT2D eigenvalue weighted by Crippen LogP contribution is -2.39. The Morgan fingerprint density at radius 1 is 1.09 bits per heavy atom. The Balaban J connectivity index is 2.22. The van der Waals surface area contributed by atoms with Gasteiger partial charge >= 0.3 is 6.03 Å². The third-order valence-corrected chi connectivity index (χ3v) is 2.60. The summed E-state index contributed by atoms with van der Waals surface area (Å²) >= 11 is 0. The first-order valence-corrected chi connectivity index (χ1v) is 4.42. The largest absolute Gasteiger partial charge is 0.318 e. The summed E-state index contributed by atoms with van der Waals surface area (Å²) < 4.78 is 25.9. The fraction of sp³-hybridized carbons (Fsp3) is 0.667. The molecular formula is C3H6N4O3S.